The highest BCUT2D eigenvalue weighted by atomic mass is 79.9. The van der Waals surface area contributed by atoms with Crippen LogP contribution in [-0.2, 0) is 6.54 Å². The Morgan fingerprint density at radius 2 is 2.06 bits per heavy atom. The molecule has 0 spiro atoms. The minimum atomic E-state index is -0.325. The normalized spacial score (nSPS) is 10.5. The summed E-state index contributed by atoms with van der Waals surface area (Å²) in [6.07, 6.45) is 1.57. The van der Waals surface area contributed by atoms with Crippen molar-refractivity contribution in [2.24, 2.45) is 0 Å². The summed E-state index contributed by atoms with van der Waals surface area (Å²) in [5.74, 6) is -0.325. The van der Waals surface area contributed by atoms with Crippen molar-refractivity contribution < 1.29 is 4.39 Å². The first kappa shape index (κ1) is 11.9. The van der Waals surface area contributed by atoms with Crippen molar-refractivity contribution in [2.75, 3.05) is 5.73 Å². The third-order valence-electron chi connectivity index (χ3n) is 2.34. The van der Waals surface area contributed by atoms with Gasteiger partial charge in [-0.25, -0.2) is 4.39 Å². The van der Waals surface area contributed by atoms with E-state index in [2.05, 4.69) is 15.9 Å². The molecule has 0 amide bonds. The van der Waals surface area contributed by atoms with E-state index < -0.39 is 0 Å². The topological polar surface area (TPSA) is 48.0 Å². The van der Waals surface area contributed by atoms with Crippen molar-refractivity contribution in [1.82, 2.24) is 4.57 Å². The van der Waals surface area contributed by atoms with Crippen LogP contribution in [0, 0.1) is 5.82 Å². The summed E-state index contributed by atoms with van der Waals surface area (Å²) in [7, 11) is 0. The van der Waals surface area contributed by atoms with Crippen molar-refractivity contribution in [3.05, 3.63) is 62.7 Å². The lowest BCUT2D eigenvalue weighted by Gasteiger charge is -2.07. The van der Waals surface area contributed by atoms with Crippen LogP contribution in [0.2, 0.25) is 0 Å². The van der Waals surface area contributed by atoms with E-state index in [1.165, 1.54) is 16.7 Å². The van der Waals surface area contributed by atoms with Gasteiger partial charge in [0.05, 0.1) is 11.0 Å². The second-order valence-electron chi connectivity index (χ2n) is 3.68. The van der Waals surface area contributed by atoms with Gasteiger partial charge in [0.15, 0.2) is 0 Å². The molecule has 1 aromatic carbocycles. The largest absolute Gasteiger partial charge is 0.398 e. The molecule has 2 N–H and O–H groups in total. The zero-order valence-electron chi connectivity index (χ0n) is 8.86. The van der Waals surface area contributed by atoms with Crippen LogP contribution < -0.4 is 11.3 Å². The molecule has 5 heteroatoms. The second kappa shape index (κ2) is 4.71. The van der Waals surface area contributed by atoms with Gasteiger partial charge in [-0.3, -0.25) is 4.79 Å². The summed E-state index contributed by atoms with van der Waals surface area (Å²) in [4.78, 5) is 11.5. The monoisotopic (exact) mass is 296 g/mol. The Balaban J connectivity index is 2.34. The second-order valence-corrected chi connectivity index (χ2v) is 4.53. The molecule has 1 heterocycles. The number of halogens is 2. The molecule has 0 saturated heterocycles. The molecule has 1 aromatic heterocycles. The van der Waals surface area contributed by atoms with Crippen molar-refractivity contribution in [1.29, 1.82) is 0 Å². The van der Waals surface area contributed by atoms with E-state index in [0.717, 1.165) is 5.56 Å². The first-order chi connectivity index (χ1) is 8.06. The molecule has 0 unspecified atom stereocenters. The number of hydrogen-bond donors (Lipinski definition) is 1. The molecule has 0 radical (unpaired) electrons. The lowest BCUT2D eigenvalue weighted by molar-refractivity contribution is 0.619. The van der Waals surface area contributed by atoms with Gasteiger partial charge >= 0.3 is 0 Å². The first-order valence-corrected chi connectivity index (χ1v) is 5.75. The third kappa shape index (κ3) is 2.74. The minimum Gasteiger partial charge on any atom is -0.398 e. The number of rotatable bonds is 2. The van der Waals surface area contributed by atoms with E-state index in [4.69, 9.17) is 5.73 Å². The Labute approximate surface area is 106 Å². The van der Waals surface area contributed by atoms with E-state index >= 15 is 0 Å². The Morgan fingerprint density at radius 3 is 2.76 bits per heavy atom. The van der Waals surface area contributed by atoms with Gasteiger partial charge in [0.1, 0.15) is 5.82 Å². The number of hydrogen-bond acceptors (Lipinski definition) is 2. The predicted molar refractivity (Wildman–Crippen MR) is 68.3 cm³/mol. The zero-order valence-corrected chi connectivity index (χ0v) is 10.4. The number of nitrogens with zero attached hydrogens (tertiary/aromatic N) is 1. The van der Waals surface area contributed by atoms with Crippen LogP contribution in [0.5, 0.6) is 0 Å². The van der Waals surface area contributed by atoms with Crippen LogP contribution in [-0.4, -0.2) is 4.57 Å². The fourth-order valence-corrected chi connectivity index (χ4v) is 1.93. The molecule has 2 rings (SSSR count). The Hall–Kier alpha value is -1.62. The highest BCUT2D eigenvalue weighted by molar-refractivity contribution is 9.10. The zero-order chi connectivity index (χ0) is 12.4. The number of nitrogens with two attached hydrogens (primary N) is 1. The summed E-state index contributed by atoms with van der Waals surface area (Å²) in [6.45, 7) is 0.364. The molecule has 0 bridgehead atoms. The van der Waals surface area contributed by atoms with Gasteiger partial charge in [-0.1, -0.05) is 6.07 Å². The van der Waals surface area contributed by atoms with E-state index in [0.29, 0.717) is 16.7 Å². The first-order valence-electron chi connectivity index (χ1n) is 4.96. The number of anilines is 1. The van der Waals surface area contributed by atoms with E-state index in [1.54, 1.807) is 24.4 Å². The van der Waals surface area contributed by atoms with Crippen LogP contribution >= 0.6 is 15.9 Å². The predicted octanol–water partition coefficient (Wildman–Crippen LogP) is 2.38. The summed E-state index contributed by atoms with van der Waals surface area (Å²) in [6, 6.07) is 7.60. The van der Waals surface area contributed by atoms with Crippen LogP contribution in [0.1, 0.15) is 5.56 Å². The molecular formula is C12H10BrFN2O. The average molecular weight is 297 g/mol. The minimum absolute atomic E-state index is 0.139. The molecule has 0 saturated carbocycles. The summed E-state index contributed by atoms with van der Waals surface area (Å²) >= 11 is 3.11. The maximum atomic E-state index is 13.0. The maximum absolute atomic E-state index is 13.0. The van der Waals surface area contributed by atoms with Gasteiger partial charge in [-0.2, -0.15) is 0 Å². The molecule has 0 aliphatic rings. The fraction of sp³-hybridized carbons (Fsp3) is 0.0833. The molecule has 88 valence electrons. The van der Waals surface area contributed by atoms with Crippen molar-refractivity contribution >= 4 is 21.6 Å². The number of benzene rings is 1. The molecule has 0 fully saturated rings. The Kier molecular flexibility index (Phi) is 3.28. The molecule has 0 aliphatic carbocycles. The number of nitrogen functional groups attached to an aromatic ring is 1. The third-order valence-corrected chi connectivity index (χ3v) is 2.95. The van der Waals surface area contributed by atoms with Crippen molar-refractivity contribution in [3.8, 4) is 0 Å². The van der Waals surface area contributed by atoms with Crippen LogP contribution in [0.15, 0.2) is 45.8 Å². The van der Waals surface area contributed by atoms with Crippen LogP contribution in [0.25, 0.3) is 0 Å². The molecule has 0 aliphatic heterocycles. The summed E-state index contributed by atoms with van der Waals surface area (Å²) < 4.78 is 14.9. The fourth-order valence-electron chi connectivity index (χ4n) is 1.51. The van der Waals surface area contributed by atoms with Gasteiger partial charge in [-0.05, 0) is 39.7 Å². The number of aromatic nitrogens is 1. The van der Waals surface area contributed by atoms with Gasteiger partial charge in [0.25, 0.3) is 5.56 Å². The van der Waals surface area contributed by atoms with Crippen molar-refractivity contribution in [2.45, 2.75) is 6.54 Å². The average Bonchev–Trinajstić information content (AvgIpc) is 2.29. The molecule has 17 heavy (non-hydrogen) atoms. The van der Waals surface area contributed by atoms with E-state index in [-0.39, 0.29) is 11.4 Å². The Bertz CT molecular complexity index is 610. The molecule has 3 nitrogen and oxygen atoms in total. The van der Waals surface area contributed by atoms with Gasteiger partial charge in [0, 0.05) is 18.0 Å². The van der Waals surface area contributed by atoms with Gasteiger partial charge < -0.3 is 10.3 Å². The summed E-state index contributed by atoms with van der Waals surface area (Å²) in [5, 5.41) is 0. The quantitative estimate of drug-likeness (QED) is 0.925. The molecule has 2 aromatic rings. The highest BCUT2D eigenvalue weighted by Crippen LogP contribution is 2.17. The van der Waals surface area contributed by atoms with Gasteiger partial charge in [0.2, 0.25) is 0 Å². The van der Waals surface area contributed by atoms with Crippen molar-refractivity contribution in [3.63, 3.8) is 0 Å². The lowest BCUT2D eigenvalue weighted by Crippen LogP contribution is -2.19. The van der Waals surface area contributed by atoms with E-state index in [1.807, 2.05) is 0 Å². The molecular weight excluding hydrogens is 287 g/mol. The smallest absolute Gasteiger partial charge is 0.250 e. The SMILES string of the molecule is Nc1ccc(=O)n(Cc2ccc(F)c(Br)c2)c1. The summed E-state index contributed by atoms with van der Waals surface area (Å²) in [5.41, 5.74) is 6.81. The Morgan fingerprint density at radius 1 is 1.29 bits per heavy atom. The number of pyridine rings is 1. The standard InChI is InChI=1S/C12H10BrFN2O/c13-10-5-8(1-3-11(10)14)6-16-7-9(15)2-4-12(16)17/h1-5,7H,6,15H2. The van der Waals surface area contributed by atoms with Crippen LogP contribution in [0.4, 0.5) is 10.1 Å². The highest BCUT2D eigenvalue weighted by Gasteiger charge is 2.02. The van der Waals surface area contributed by atoms with E-state index in [9.17, 15) is 9.18 Å². The lowest BCUT2D eigenvalue weighted by atomic mass is 10.2. The maximum Gasteiger partial charge on any atom is 0.250 e. The van der Waals surface area contributed by atoms with Crippen LogP contribution in [0.3, 0.4) is 0 Å². The van der Waals surface area contributed by atoms with Gasteiger partial charge in [-0.15, -0.1) is 0 Å². The molecule has 0 atom stereocenters.